The number of carbonyl (C=O) groups is 1. The largest absolute Gasteiger partial charge is 0.296 e. The minimum absolute atomic E-state index is 0.123. The zero-order valence-electron chi connectivity index (χ0n) is 18.5. The molecule has 0 aromatic carbocycles. The summed E-state index contributed by atoms with van der Waals surface area (Å²) < 4.78 is 25.8. The number of nitrogens with zero attached hydrogens (tertiary/aromatic N) is 2. The van der Waals surface area contributed by atoms with Crippen LogP contribution in [0.25, 0.3) is 0 Å². The van der Waals surface area contributed by atoms with Crippen molar-refractivity contribution in [1.29, 1.82) is 0 Å². The highest BCUT2D eigenvalue weighted by Crippen LogP contribution is 2.42. The molecule has 1 N–H and O–H groups in total. The van der Waals surface area contributed by atoms with Crippen molar-refractivity contribution < 1.29 is 13.2 Å². The van der Waals surface area contributed by atoms with Gasteiger partial charge in [-0.05, 0) is 44.7 Å². The van der Waals surface area contributed by atoms with Gasteiger partial charge in [-0.3, -0.25) is 15.1 Å². The first-order chi connectivity index (χ1) is 14.4. The quantitative estimate of drug-likeness (QED) is 0.504. The van der Waals surface area contributed by atoms with Gasteiger partial charge in [0.25, 0.3) is 5.91 Å². The van der Waals surface area contributed by atoms with Crippen molar-refractivity contribution in [3.8, 4) is 0 Å². The molecule has 31 heavy (non-hydrogen) atoms. The highest BCUT2D eigenvalue weighted by Gasteiger charge is 2.42. The molecular weight excluding hydrogens is 430 g/mol. The first kappa shape index (κ1) is 24.7. The number of sulfone groups is 1. The Hall–Kier alpha value is -2.58. The minimum atomic E-state index is -3.68. The molecule has 0 aliphatic heterocycles. The van der Waals surface area contributed by atoms with Crippen molar-refractivity contribution in [2.45, 2.75) is 50.0 Å². The van der Waals surface area contributed by atoms with E-state index < -0.39 is 20.5 Å². The Kier molecular flexibility index (Phi) is 7.72. The fraction of sp³-hybridized carbons (Fsp3) is 0.348. The average Bonchev–Trinajstić information content (AvgIpc) is 3.17. The van der Waals surface area contributed by atoms with Crippen LogP contribution in [0.15, 0.2) is 71.3 Å². The molecular formula is C23H29N3O3S2. The molecule has 8 heteroatoms. The predicted octanol–water partition coefficient (Wildman–Crippen LogP) is 5.45. The minimum Gasteiger partial charge on any atom is -0.296 e. The van der Waals surface area contributed by atoms with Gasteiger partial charge in [-0.15, -0.1) is 0 Å². The van der Waals surface area contributed by atoms with Gasteiger partial charge in [0.15, 0.2) is 15.0 Å². The molecule has 0 bridgehead atoms. The Morgan fingerprint density at radius 2 is 1.90 bits per heavy atom. The summed E-state index contributed by atoms with van der Waals surface area (Å²) in [5.74, 6) is -0.437. The van der Waals surface area contributed by atoms with E-state index in [1.54, 1.807) is 38.1 Å². The summed E-state index contributed by atoms with van der Waals surface area (Å²) in [6.07, 6.45) is 10.6. The maximum atomic E-state index is 13.4. The highest BCUT2D eigenvalue weighted by atomic mass is 32.2. The zero-order valence-corrected chi connectivity index (χ0v) is 20.2. The van der Waals surface area contributed by atoms with Gasteiger partial charge in [0.2, 0.25) is 0 Å². The number of aromatic nitrogens is 2. The molecule has 2 heterocycles. The van der Waals surface area contributed by atoms with E-state index in [0.29, 0.717) is 6.42 Å². The van der Waals surface area contributed by atoms with E-state index in [4.69, 9.17) is 0 Å². The monoisotopic (exact) mass is 459 g/mol. The van der Waals surface area contributed by atoms with Crippen LogP contribution in [0.3, 0.4) is 0 Å². The topological polar surface area (TPSA) is 89.0 Å². The zero-order chi connectivity index (χ0) is 23.3. The number of thiazole rings is 1. The van der Waals surface area contributed by atoms with Crippen LogP contribution < -0.4 is 5.32 Å². The van der Waals surface area contributed by atoms with E-state index in [-0.39, 0.29) is 20.4 Å². The van der Waals surface area contributed by atoms with Crippen molar-refractivity contribution in [3.05, 3.63) is 72.7 Å². The maximum absolute atomic E-state index is 13.4. The highest BCUT2D eigenvalue weighted by molar-refractivity contribution is 7.94. The smallest absolute Gasteiger partial charge is 0.276 e. The third-order valence-electron chi connectivity index (χ3n) is 5.12. The van der Waals surface area contributed by atoms with Crippen molar-refractivity contribution in [2.24, 2.45) is 5.41 Å². The van der Waals surface area contributed by atoms with Gasteiger partial charge < -0.3 is 0 Å². The third-order valence-corrected chi connectivity index (χ3v) is 8.97. The lowest BCUT2D eigenvalue weighted by atomic mass is 9.77. The molecule has 0 saturated carbocycles. The first-order valence-corrected chi connectivity index (χ1v) is 12.1. The molecule has 0 atom stereocenters. The molecule has 0 saturated heterocycles. The Labute approximate surface area is 188 Å². The normalized spacial score (nSPS) is 13.4. The second-order valence-corrected chi connectivity index (χ2v) is 12.3. The van der Waals surface area contributed by atoms with E-state index in [0.717, 1.165) is 16.9 Å². The molecule has 0 unspecified atom stereocenters. The molecule has 6 nitrogen and oxygen atoms in total. The summed E-state index contributed by atoms with van der Waals surface area (Å²) in [5, 5.41) is 2.83. The van der Waals surface area contributed by atoms with Crippen molar-refractivity contribution in [1.82, 2.24) is 9.97 Å². The standard InChI is InChI=1S/C23H29N3O3S2/c1-7-8-9-12-17(2)22(3,4)16-23(5,6)31(28,29)19-15-25-21(30-19)26-20(27)18-13-10-11-14-24-18/h7-15H,1,16H2,2-6H3,(H,25,26,27)/b9-8-,17-12+. The van der Waals surface area contributed by atoms with E-state index in [9.17, 15) is 13.2 Å². The number of hydrogen-bond acceptors (Lipinski definition) is 6. The predicted molar refractivity (Wildman–Crippen MR) is 127 cm³/mol. The van der Waals surface area contributed by atoms with Gasteiger partial charge >= 0.3 is 0 Å². The van der Waals surface area contributed by atoms with Crippen molar-refractivity contribution in [2.75, 3.05) is 5.32 Å². The van der Waals surface area contributed by atoms with Crippen LogP contribution in [0.5, 0.6) is 0 Å². The van der Waals surface area contributed by atoms with E-state index >= 15 is 0 Å². The lowest BCUT2D eigenvalue weighted by molar-refractivity contribution is 0.102. The van der Waals surface area contributed by atoms with Gasteiger partial charge in [0.1, 0.15) is 9.90 Å². The fourth-order valence-corrected chi connectivity index (χ4v) is 6.36. The number of hydrogen-bond donors (Lipinski definition) is 1. The summed E-state index contributed by atoms with van der Waals surface area (Å²) in [6.45, 7) is 13.2. The second-order valence-electron chi connectivity index (χ2n) is 8.45. The Morgan fingerprint density at radius 1 is 1.19 bits per heavy atom. The van der Waals surface area contributed by atoms with Crippen molar-refractivity contribution >= 4 is 32.2 Å². The fourth-order valence-electron chi connectivity index (χ4n) is 3.17. The third kappa shape index (κ3) is 5.98. The number of carbonyl (C=O) groups excluding carboxylic acids is 1. The van der Waals surface area contributed by atoms with E-state index in [1.807, 2.05) is 39.0 Å². The Balaban J connectivity index is 2.22. The summed E-state index contributed by atoms with van der Waals surface area (Å²) in [7, 11) is -3.68. The number of rotatable bonds is 9. The number of anilines is 1. The molecule has 2 aromatic heterocycles. The van der Waals surface area contributed by atoms with E-state index in [2.05, 4.69) is 21.9 Å². The van der Waals surface area contributed by atoms with Crippen LogP contribution in [-0.4, -0.2) is 29.0 Å². The lowest BCUT2D eigenvalue weighted by Gasteiger charge is -2.35. The molecule has 166 valence electrons. The summed E-state index contributed by atoms with van der Waals surface area (Å²) in [6, 6.07) is 4.99. The van der Waals surface area contributed by atoms with Gasteiger partial charge in [-0.1, -0.05) is 67.7 Å². The molecule has 0 fully saturated rings. The van der Waals surface area contributed by atoms with Crippen LogP contribution in [0.2, 0.25) is 0 Å². The van der Waals surface area contributed by atoms with Gasteiger partial charge in [0, 0.05) is 6.20 Å². The number of allylic oxidation sites excluding steroid dienone is 5. The molecule has 2 rings (SSSR count). The van der Waals surface area contributed by atoms with Crippen LogP contribution in [0.1, 0.15) is 51.5 Å². The van der Waals surface area contributed by atoms with Crippen LogP contribution in [0, 0.1) is 5.41 Å². The molecule has 0 aliphatic carbocycles. The number of nitrogens with one attached hydrogen (secondary N) is 1. The maximum Gasteiger partial charge on any atom is 0.276 e. The van der Waals surface area contributed by atoms with Gasteiger partial charge in [-0.2, -0.15) is 0 Å². The van der Waals surface area contributed by atoms with Crippen LogP contribution >= 0.6 is 11.3 Å². The summed E-state index contributed by atoms with van der Waals surface area (Å²) >= 11 is 0.945. The Morgan fingerprint density at radius 3 is 2.52 bits per heavy atom. The van der Waals surface area contributed by atoms with Crippen molar-refractivity contribution in [3.63, 3.8) is 0 Å². The van der Waals surface area contributed by atoms with E-state index in [1.165, 1.54) is 12.4 Å². The molecule has 2 aromatic rings. The second kappa shape index (κ2) is 9.70. The molecule has 0 radical (unpaired) electrons. The van der Waals surface area contributed by atoms with Crippen LogP contribution in [-0.2, 0) is 9.84 Å². The van der Waals surface area contributed by atoms with Gasteiger partial charge in [-0.25, -0.2) is 13.4 Å². The molecule has 1 amide bonds. The number of pyridine rings is 1. The summed E-state index contributed by atoms with van der Waals surface area (Å²) in [4.78, 5) is 20.3. The SMILES string of the molecule is C=C/C=C\C=C(/C)C(C)(C)CC(C)(C)S(=O)(=O)c1cnc(NC(=O)c2ccccn2)s1. The van der Waals surface area contributed by atoms with Crippen LogP contribution in [0.4, 0.5) is 5.13 Å². The summed E-state index contributed by atoms with van der Waals surface area (Å²) in [5.41, 5.74) is 0.960. The first-order valence-electron chi connectivity index (χ1n) is 9.80. The molecule has 0 aliphatic rings. The molecule has 0 spiro atoms. The number of amides is 1. The lowest BCUT2D eigenvalue weighted by Crippen LogP contribution is -2.37. The van der Waals surface area contributed by atoms with Gasteiger partial charge in [0.05, 0.1) is 10.9 Å². The average molecular weight is 460 g/mol. The Bertz CT molecular complexity index is 1100.